The van der Waals surface area contributed by atoms with E-state index in [2.05, 4.69) is 5.32 Å². The van der Waals surface area contributed by atoms with Gasteiger partial charge in [0, 0.05) is 18.7 Å². The molecule has 1 rings (SSSR count). The van der Waals surface area contributed by atoms with Crippen molar-refractivity contribution in [3.8, 4) is 0 Å². The number of carbonyl (C=O) groups excluding carboxylic acids is 1. The predicted molar refractivity (Wildman–Crippen MR) is 58.7 cm³/mol. The summed E-state index contributed by atoms with van der Waals surface area (Å²) < 4.78 is 4.85. The van der Waals surface area contributed by atoms with Gasteiger partial charge in [-0.3, -0.25) is 14.4 Å². The van der Waals surface area contributed by atoms with Crippen LogP contribution in [0.3, 0.4) is 0 Å². The van der Waals surface area contributed by atoms with Gasteiger partial charge in [-0.05, 0) is 6.42 Å². The molecule has 0 unspecified atom stereocenters. The van der Waals surface area contributed by atoms with E-state index in [1.54, 1.807) is 6.92 Å². The zero-order valence-electron chi connectivity index (χ0n) is 9.30. The summed E-state index contributed by atoms with van der Waals surface area (Å²) in [5.41, 5.74) is -0.319. The molecule has 0 aliphatic heterocycles. The first-order valence-corrected chi connectivity index (χ1v) is 5.10. The fourth-order valence-corrected chi connectivity index (χ4v) is 1.12. The van der Waals surface area contributed by atoms with Gasteiger partial charge in [0.05, 0.1) is 12.2 Å². The van der Waals surface area contributed by atoms with Crippen LogP contribution in [-0.4, -0.2) is 23.5 Å². The molecule has 0 aromatic carbocycles. The van der Waals surface area contributed by atoms with Crippen LogP contribution >= 0.6 is 0 Å². The third-order valence-electron chi connectivity index (χ3n) is 2.21. The van der Waals surface area contributed by atoms with E-state index in [-0.39, 0.29) is 17.7 Å². The Morgan fingerprint density at radius 1 is 1.53 bits per heavy atom. The van der Waals surface area contributed by atoms with Crippen molar-refractivity contribution in [3.63, 3.8) is 0 Å². The van der Waals surface area contributed by atoms with Crippen molar-refractivity contribution >= 4 is 11.9 Å². The van der Waals surface area contributed by atoms with Crippen LogP contribution in [0.5, 0.6) is 0 Å². The minimum absolute atomic E-state index is 0.0829. The van der Waals surface area contributed by atoms with E-state index >= 15 is 0 Å². The van der Waals surface area contributed by atoms with E-state index in [0.717, 1.165) is 12.3 Å². The number of nitrogens with one attached hydrogen (secondary N) is 1. The fourth-order valence-electron chi connectivity index (χ4n) is 1.12. The summed E-state index contributed by atoms with van der Waals surface area (Å²) in [6.45, 7) is 1.77. The Bertz CT molecular complexity index is 465. The van der Waals surface area contributed by atoms with Crippen molar-refractivity contribution in [2.45, 2.75) is 13.3 Å². The quantitative estimate of drug-likeness (QED) is 0.779. The van der Waals surface area contributed by atoms with Gasteiger partial charge in [-0.15, -0.1) is 0 Å². The number of carbonyl (C=O) groups is 2. The summed E-state index contributed by atoms with van der Waals surface area (Å²) in [4.78, 5) is 32.9. The molecule has 1 heterocycles. The molecule has 0 saturated heterocycles. The molecule has 92 valence electrons. The highest BCUT2D eigenvalue weighted by Gasteiger charge is 2.12. The molecule has 6 heteroatoms. The fraction of sp³-hybridized carbons (Fsp3) is 0.364. The predicted octanol–water partition coefficient (Wildman–Crippen LogP) is 0.480. The molecule has 6 nitrogen and oxygen atoms in total. The van der Waals surface area contributed by atoms with Crippen molar-refractivity contribution in [2.75, 3.05) is 6.54 Å². The lowest BCUT2D eigenvalue weighted by Crippen LogP contribution is -2.27. The molecular weight excluding hydrogens is 226 g/mol. The number of carboxylic acids is 1. The molecule has 1 aromatic heterocycles. The summed E-state index contributed by atoms with van der Waals surface area (Å²) in [7, 11) is 0. The summed E-state index contributed by atoms with van der Waals surface area (Å²) in [6.07, 6.45) is 1.45. The number of hydrogen-bond donors (Lipinski definition) is 2. The zero-order chi connectivity index (χ0) is 12.8. The van der Waals surface area contributed by atoms with Gasteiger partial charge in [0.25, 0.3) is 5.91 Å². The highest BCUT2D eigenvalue weighted by atomic mass is 16.4. The van der Waals surface area contributed by atoms with Gasteiger partial charge < -0.3 is 14.8 Å². The maximum Gasteiger partial charge on any atom is 0.306 e. The van der Waals surface area contributed by atoms with E-state index in [1.165, 1.54) is 6.07 Å². The lowest BCUT2D eigenvalue weighted by Gasteiger charge is -2.06. The lowest BCUT2D eigenvalue weighted by molar-refractivity contribution is -0.141. The van der Waals surface area contributed by atoms with Crippen LogP contribution < -0.4 is 10.7 Å². The van der Waals surface area contributed by atoms with Crippen molar-refractivity contribution in [2.24, 2.45) is 5.92 Å². The van der Waals surface area contributed by atoms with Crippen LogP contribution in [0.4, 0.5) is 0 Å². The molecule has 1 amide bonds. The SMILES string of the molecule is C[C@H](CCNC(=O)c1cc(=O)cco1)C(=O)O. The number of hydrogen-bond acceptors (Lipinski definition) is 4. The van der Waals surface area contributed by atoms with E-state index in [4.69, 9.17) is 9.52 Å². The third-order valence-corrected chi connectivity index (χ3v) is 2.21. The van der Waals surface area contributed by atoms with Crippen LogP contribution in [0.15, 0.2) is 27.6 Å². The molecule has 0 aliphatic carbocycles. The molecule has 0 saturated carbocycles. The van der Waals surface area contributed by atoms with Gasteiger partial charge in [0.1, 0.15) is 0 Å². The van der Waals surface area contributed by atoms with Crippen LogP contribution in [0.25, 0.3) is 0 Å². The van der Waals surface area contributed by atoms with Gasteiger partial charge >= 0.3 is 5.97 Å². The minimum Gasteiger partial charge on any atom is -0.481 e. The van der Waals surface area contributed by atoms with Crippen molar-refractivity contribution < 1.29 is 19.1 Å². The summed E-state index contributed by atoms with van der Waals surface area (Å²) in [5.74, 6) is -2.05. The Balaban J connectivity index is 2.46. The molecule has 0 aliphatic rings. The minimum atomic E-state index is -0.912. The van der Waals surface area contributed by atoms with Crippen molar-refractivity contribution in [1.29, 1.82) is 0 Å². The monoisotopic (exact) mass is 239 g/mol. The standard InChI is InChI=1S/C11H13NO5/c1-7(11(15)16)2-4-12-10(14)9-6-8(13)3-5-17-9/h3,5-7H,2,4H2,1H3,(H,12,14)(H,15,16)/t7-/m1/s1. The zero-order valence-corrected chi connectivity index (χ0v) is 9.30. The Morgan fingerprint density at radius 2 is 2.24 bits per heavy atom. The molecule has 0 radical (unpaired) electrons. The second-order valence-electron chi connectivity index (χ2n) is 3.62. The second-order valence-corrected chi connectivity index (χ2v) is 3.62. The van der Waals surface area contributed by atoms with Gasteiger partial charge in [-0.2, -0.15) is 0 Å². The number of aliphatic carboxylic acids is 1. The molecule has 0 bridgehead atoms. The molecule has 0 spiro atoms. The lowest BCUT2D eigenvalue weighted by atomic mass is 10.1. The maximum absolute atomic E-state index is 11.5. The summed E-state index contributed by atoms with van der Waals surface area (Å²) in [5, 5.41) is 11.1. The maximum atomic E-state index is 11.5. The number of carboxylic acid groups (broad SMARTS) is 1. The second kappa shape index (κ2) is 5.83. The van der Waals surface area contributed by atoms with Crippen LogP contribution in [-0.2, 0) is 4.79 Å². The highest BCUT2D eigenvalue weighted by Crippen LogP contribution is 2.00. The Morgan fingerprint density at radius 3 is 2.82 bits per heavy atom. The van der Waals surface area contributed by atoms with Gasteiger partial charge in [-0.25, -0.2) is 0 Å². The van der Waals surface area contributed by atoms with Crippen molar-refractivity contribution in [1.82, 2.24) is 5.32 Å². The first-order chi connectivity index (χ1) is 8.00. The van der Waals surface area contributed by atoms with Crippen LogP contribution in [0.1, 0.15) is 23.9 Å². The van der Waals surface area contributed by atoms with Crippen LogP contribution in [0.2, 0.25) is 0 Å². The largest absolute Gasteiger partial charge is 0.481 e. The highest BCUT2D eigenvalue weighted by molar-refractivity contribution is 5.91. The molecule has 1 atom stereocenters. The molecular formula is C11H13NO5. The molecule has 17 heavy (non-hydrogen) atoms. The summed E-state index contributed by atoms with van der Waals surface area (Å²) in [6, 6.07) is 2.28. The molecule has 2 N–H and O–H groups in total. The first-order valence-electron chi connectivity index (χ1n) is 5.10. The van der Waals surface area contributed by atoms with Gasteiger partial charge in [0.2, 0.25) is 0 Å². The number of amides is 1. The normalized spacial score (nSPS) is 11.8. The Labute approximate surface area is 97.3 Å². The topological polar surface area (TPSA) is 96.6 Å². The average Bonchev–Trinajstić information content (AvgIpc) is 2.28. The van der Waals surface area contributed by atoms with E-state index < -0.39 is 17.8 Å². The Hall–Kier alpha value is -2.11. The van der Waals surface area contributed by atoms with Gasteiger partial charge in [0.15, 0.2) is 11.2 Å². The van der Waals surface area contributed by atoms with Crippen molar-refractivity contribution in [3.05, 3.63) is 34.4 Å². The Kier molecular flexibility index (Phi) is 4.45. The summed E-state index contributed by atoms with van der Waals surface area (Å²) >= 11 is 0. The van der Waals surface area contributed by atoms with Crippen LogP contribution in [0, 0.1) is 5.92 Å². The molecule has 1 aromatic rings. The first kappa shape index (κ1) is 13.0. The van der Waals surface area contributed by atoms with E-state index in [1.807, 2.05) is 0 Å². The van der Waals surface area contributed by atoms with E-state index in [0.29, 0.717) is 6.42 Å². The average molecular weight is 239 g/mol. The van der Waals surface area contributed by atoms with E-state index in [9.17, 15) is 14.4 Å². The third kappa shape index (κ3) is 4.10. The van der Waals surface area contributed by atoms with Gasteiger partial charge in [-0.1, -0.05) is 6.92 Å². The number of rotatable bonds is 5. The molecule has 0 fully saturated rings. The smallest absolute Gasteiger partial charge is 0.306 e.